The summed E-state index contributed by atoms with van der Waals surface area (Å²) in [5.41, 5.74) is 2.53. The van der Waals surface area contributed by atoms with Crippen molar-refractivity contribution in [3.8, 4) is 5.75 Å². The van der Waals surface area contributed by atoms with Crippen LogP contribution in [0, 0.1) is 10.1 Å². The van der Waals surface area contributed by atoms with Gasteiger partial charge < -0.3 is 4.74 Å². The van der Waals surface area contributed by atoms with Gasteiger partial charge in [-0.05, 0) is 37.3 Å². The zero-order valence-electron chi connectivity index (χ0n) is 17.1. The summed E-state index contributed by atoms with van der Waals surface area (Å²) in [6.45, 7) is 1.89. The number of hydrogen-bond donors (Lipinski definition) is 0. The van der Waals surface area contributed by atoms with Crippen LogP contribution in [-0.4, -0.2) is 16.5 Å². The van der Waals surface area contributed by atoms with Crippen LogP contribution in [0.4, 0.5) is 11.4 Å². The number of nitro benzene ring substituents is 1. The Kier molecular flexibility index (Phi) is 6.00. The monoisotopic (exact) mass is 447 g/mol. The number of ether oxygens (including phenoxy) is 1. The Hall–Kier alpha value is -3.97. The normalized spacial score (nSPS) is 14.6. The van der Waals surface area contributed by atoms with Gasteiger partial charge in [-0.25, -0.2) is 0 Å². The van der Waals surface area contributed by atoms with E-state index >= 15 is 0 Å². The van der Waals surface area contributed by atoms with Crippen LogP contribution in [0.5, 0.6) is 5.75 Å². The Labute approximate surface area is 189 Å². The van der Waals surface area contributed by atoms with Crippen molar-refractivity contribution < 1.29 is 14.5 Å². The van der Waals surface area contributed by atoms with Gasteiger partial charge in [0.25, 0.3) is 11.6 Å². The number of hydrazone groups is 1. The molecule has 7 nitrogen and oxygen atoms in total. The van der Waals surface area contributed by atoms with Gasteiger partial charge in [-0.15, -0.1) is 0 Å². The number of nitrogens with zero attached hydrogens (tertiary/aromatic N) is 3. The van der Waals surface area contributed by atoms with Crippen molar-refractivity contribution in [3.63, 3.8) is 0 Å². The first kappa shape index (κ1) is 21.3. The first-order chi connectivity index (χ1) is 15.4. The zero-order chi connectivity index (χ0) is 22.7. The zero-order valence-corrected chi connectivity index (χ0v) is 17.8. The highest BCUT2D eigenvalue weighted by Crippen LogP contribution is 2.31. The van der Waals surface area contributed by atoms with Crippen LogP contribution in [0.25, 0.3) is 6.08 Å². The molecule has 0 atom stereocenters. The van der Waals surface area contributed by atoms with E-state index in [1.807, 2.05) is 36.4 Å². The molecule has 160 valence electrons. The minimum Gasteiger partial charge on any atom is -0.488 e. The number of rotatable bonds is 6. The molecule has 0 bridgehead atoms. The van der Waals surface area contributed by atoms with E-state index in [1.54, 1.807) is 31.2 Å². The van der Waals surface area contributed by atoms with E-state index in [0.29, 0.717) is 33.3 Å². The molecular formula is C24H18ClN3O4. The maximum absolute atomic E-state index is 13.0. The van der Waals surface area contributed by atoms with Gasteiger partial charge >= 0.3 is 0 Å². The number of nitro groups is 1. The van der Waals surface area contributed by atoms with Crippen molar-refractivity contribution in [2.75, 3.05) is 5.01 Å². The molecule has 0 aromatic heterocycles. The van der Waals surface area contributed by atoms with Gasteiger partial charge in [0.2, 0.25) is 0 Å². The Morgan fingerprint density at radius 3 is 2.53 bits per heavy atom. The largest absolute Gasteiger partial charge is 0.488 e. The molecule has 1 heterocycles. The summed E-state index contributed by atoms with van der Waals surface area (Å²) in [5.74, 6) is 0.0686. The summed E-state index contributed by atoms with van der Waals surface area (Å²) in [7, 11) is 0. The molecule has 0 fully saturated rings. The second kappa shape index (κ2) is 9.03. The molecular weight excluding hydrogens is 430 g/mol. The summed E-state index contributed by atoms with van der Waals surface area (Å²) in [6, 6.07) is 20.6. The third-order valence-corrected chi connectivity index (χ3v) is 5.28. The molecule has 3 aromatic rings. The number of carbonyl (C=O) groups is 1. The van der Waals surface area contributed by atoms with Crippen molar-refractivity contribution in [1.29, 1.82) is 0 Å². The highest BCUT2D eigenvalue weighted by Gasteiger charge is 2.29. The van der Waals surface area contributed by atoms with E-state index in [1.165, 1.54) is 23.2 Å². The molecule has 0 spiro atoms. The average Bonchev–Trinajstić information content (AvgIpc) is 3.08. The second-order valence-corrected chi connectivity index (χ2v) is 7.46. The lowest BCUT2D eigenvalue weighted by Gasteiger charge is -2.12. The number of halogens is 1. The minimum absolute atomic E-state index is 0.109. The van der Waals surface area contributed by atoms with Crippen molar-refractivity contribution >= 4 is 40.7 Å². The summed E-state index contributed by atoms with van der Waals surface area (Å²) < 4.78 is 5.91. The smallest absolute Gasteiger partial charge is 0.280 e. The molecule has 8 heteroatoms. The van der Waals surface area contributed by atoms with Gasteiger partial charge in [-0.1, -0.05) is 48.0 Å². The summed E-state index contributed by atoms with van der Waals surface area (Å²) >= 11 is 6.20. The molecule has 1 aliphatic heterocycles. The number of hydrogen-bond acceptors (Lipinski definition) is 5. The summed E-state index contributed by atoms with van der Waals surface area (Å²) in [4.78, 5) is 23.9. The van der Waals surface area contributed by atoms with E-state index in [4.69, 9.17) is 16.3 Å². The first-order valence-corrected chi connectivity index (χ1v) is 10.1. The maximum Gasteiger partial charge on any atom is 0.280 e. The lowest BCUT2D eigenvalue weighted by molar-refractivity contribution is -0.384. The minimum atomic E-state index is -0.493. The lowest BCUT2D eigenvalue weighted by atomic mass is 10.1. The predicted molar refractivity (Wildman–Crippen MR) is 124 cm³/mol. The van der Waals surface area contributed by atoms with Crippen molar-refractivity contribution in [1.82, 2.24) is 0 Å². The highest BCUT2D eigenvalue weighted by molar-refractivity contribution is 6.32. The fourth-order valence-corrected chi connectivity index (χ4v) is 3.44. The second-order valence-electron chi connectivity index (χ2n) is 7.06. The molecule has 32 heavy (non-hydrogen) atoms. The summed E-state index contributed by atoms with van der Waals surface area (Å²) in [6.07, 6.45) is 1.57. The molecule has 0 saturated carbocycles. The molecule has 1 aliphatic rings. The number of anilines is 1. The van der Waals surface area contributed by atoms with E-state index in [2.05, 4.69) is 5.10 Å². The standard InChI is InChI=1S/C24H18ClN3O4/c1-16-21(24(29)27(26-16)19-8-3-2-4-9-19)14-18-13-20(28(30)31)11-12-23(18)32-15-17-7-5-6-10-22(17)25/h2-14H,15H2,1H3. The van der Waals surface area contributed by atoms with E-state index in [9.17, 15) is 14.9 Å². The highest BCUT2D eigenvalue weighted by atomic mass is 35.5. The Balaban J connectivity index is 1.68. The molecule has 1 amide bonds. The molecule has 4 rings (SSSR count). The van der Waals surface area contributed by atoms with Crippen LogP contribution < -0.4 is 9.75 Å². The first-order valence-electron chi connectivity index (χ1n) is 9.75. The number of benzene rings is 3. The SMILES string of the molecule is CC1=NN(c2ccccc2)C(=O)C1=Cc1cc([N+](=O)[O-])ccc1OCc1ccccc1Cl. The third-order valence-electron chi connectivity index (χ3n) is 4.91. The molecule has 0 aliphatic carbocycles. The quantitative estimate of drug-likeness (QED) is 0.278. The average molecular weight is 448 g/mol. The van der Waals surface area contributed by atoms with E-state index in [0.717, 1.165) is 5.56 Å². The van der Waals surface area contributed by atoms with Crippen molar-refractivity contribution in [3.05, 3.63) is 105 Å². The molecule has 3 aromatic carbocycles. The van der Waals surface area contributed by atoms with Crippen molar-refractivity contribution in [2.45, 2.75) is 13.5 Å². The Morgan fingerprint density at radius 2 is 1.81 bits per heavy atom. The number of carbonyl (C=O) groups excluding carboxylic acids is 1. The third kappa shape index (κ3) is 4.38. The van der Waals surface area contributed by atoms with Crippen LogP contribution in [-0.2, 0) is 11.4 Å². The number of non-ortho nitro benzene ring substituents is 1. The van der Waals surface area contributed by atoms with Crippen LogP contribution in [0.3, 0.4) is 0 Å². The fourth-order valence-electron chi connectivity index (χ4n) is 3.25. The predicted octanol–water partition coefficient (Wildman–Crippen LogP) is 5.63. The van der Waals surface area contributed by atoms with Crippen LogP contribution in [0.15, 0.2) is 83.5 Å². The van der Waals surface area contributed by atoms with Gasteiger partial charge in [0, 0.05) is 28.3 Å². The summed E-state index contributed by atoms with van der Waals surface area (Å²) in [5, 5.41) is 17.5. The molecule has 0 saturated heterocycles. The number of para-hydroxylation sites is 1. The Morgan fingerprint density at radius 1 is 1.09 bits per heavy atom. The van der Waals surface area contributed by atoms with E-state index in [-0.39, 0.29) is 18.2 Å². The van der Waals surface area contributed by atoms with Crippen LogP contribution in [0.2, 0.25) is 5.02 Å². The van der Waals surface area contributed by atoms with Gasteiger partial charge in [-0.3, -0.25) is 14.9 Å². The topological polar surface area (TPSA) is 85.0 Å². The van der Waals surface area contributed by atoms with Gasteiger partial charge in [0.1, 0.15) is 12.4 Å². The maximum atomic E-state index is 13.0. The Bertz CT molecular complexity index is 1260. The van der Waals surface area contributed by atoms with Crippen molar-refractivity contribution in [2.24, 2.45) is 5.10 Å². The molecule has 0 N–H and O–H groups in total. The van der Waals surface area contributed by atoms with Gasteiger partial charge in [0.05, 0.1) is 21.9 Å². The number of amides is 1. The van der Waals surface area contributed by atoms with Gasteiger partial charge in [-0.2, -0.15) is 10.1 Å². The van der Waals surface area contributed by atoms with Gasteiger partial charge in [0.15, 0.2) is 0 Å². The van der Waals surface area contributed by atoms with E-state index < -0.39 is 4.92 Å². The fraction of sp³-hybridized carbons (Fsp3) is 0.0833. The molecule has 0 radical (unpaired) electrons. The van der Waals surface area contributed by atoms with Crippen LogP contribution in [0.1, 0.15) is 18.1 Å². The van der Waals surface area contributed by atoms with Crippen LogP contribution >= 0.6 is 11.6 Å². The molecule has 0 unspecified atom stereocenters. The lowest BCUT2D eigenvalue weighted by Crippen LogP contribution is -2.21.